The Bertz CT molecular complexity index is 641. The summed E-state index contributed by atoms with van der Waals surface area (Å²) in [5.74, 6) is 0.799. The van der Waals surface area contributed by atoms with Crippen LogP contribution in [0.1, 0.15) is 23.3 Å². The maximum atomic E-state index is 12.7. The number of morpholine rings is 1. The smallest absolute Gasteiger partial charge is 0.234 e. The Morgan fingerprint density at radius 2 is 2.10 bits per heavy atom. The minimum atomic E-state index is 0.0512. The molecule has 2 saturated heterocycles. The van der Waals surface area contributed by atoms with E-state index in [1.165, 1.54) is 0 Å². The first-order valence-corrected chi connectivity index (χ1v) is 6.97. The van der Waals surface area contributed by atoms with Crippen LogP contribution in [0.15, 0.2) is 24.7 Å². The van der Waals surface area contributed by atoms with E-state index >= 15 is 0 Å². The highest BCUT2D eigenvalue weighted by molar-refractivity contribution is 5.97. The van der Waals surface area contributed by atoms with Gasteiger partial charge < -0.3 is 10.1 Å². The largest absolute Gasteiger partial charge is 0.378 e. The van der Waals surface area contributed by atoms with E-state index < -0.39 is 0 Å². The van der Waals surface area contributed by atoms with Crippen LogP contribution < -0.4 is 5.32 Å². The number of piperidine rings is 1. The first kappa shape index (κ1) is 12.0. The number of aromatic nitrogens is 3. The average Bonchev–Trinajstić information content (AvgIpc) is 2.90. The van der Waals surface area contributed by atoms with Gasteiger partial charge in [-0.1, -0.05) is 0 Å². The van der Waals surface area contributed by atoms with Crippen molar-refractivity contribution in [2.45, 2.75) is 24.9 Å². The molecule has 0 radical (unpaired) electrons. The molecule has 0 amide bonds. The van der Waals surface area contributed by atoms with Crippen molar-refractivity contribution in [1.29, 1.82) is 0 Å². The number of hydrogen-bond donors (Lipinski definition) is 1. The standard InChI is InChI=1S/C14H16N4O2/c19-13(9-4-10-7-20-8-11(5-9)17-10)12-6-16-14-15-2-1-3-18(12)14/h1-3,6,9-11,17H,4-5,7-8H2. The lowest BCUT2D eigenvalue weighted by Crippen LogP contribution is -2.55. The number of carbonyl (C=O) groups is 1. The number of rotatable bonds is 2. The van der Waals surface area contributed by atoms with Crippen molar-refractivity contribution >= 4 is 11.6 Å². The first-order chi connectivity index (χ1) is 9.81. The Balaban J connectivity index is 1.63. The summed E-state index contributed by atoms with van der Waals surface area (Å²) < 4.78 is 7.30. The number of nitrogens with zero attached hydrogens (tertiary/aromatic N) is 3. The molecule has 20 heavy (non-hydrogen) atoms. The molecule has 0 spiro atoms. The number of carbonyl (C=O) groups excluding carboxylic acids is 1. The zero-order chi connectivity index (χ0) is 13.5. The molecule has 6 heteroatoms. The fraction of sp³-hybridized carbons (Fsp3) is 0.500. The molecule has 2 unspecified atom stereocenters. The molecule has 2 aliphatic rings. The Labute approximate surface area is 116 Å². The summed E-state index contributed by atoms with van der Waals surface area (Å²) in [5.41, 5.74) is 0.638. The van der Waals surface area contributed by atoms with Crippen molar-refractivity contribution in [3.05, 3.63) is 30.4 Å². The van der Waals surface area contributed by atoms with Gasteiger partial charge in [0.25, 0.3) is 0 Å². The zero-order valence-electron chi connectivity index (χ0n) is 11.0. The number of ketones is 1. The summed E-state index contributed by atoms with van der Waals surface area (Å²) in [6.45, 7) is 1.41. The van der Waals surface area contributed by atoms with Gasteiger partial charge in [-0.15, -0.1) is 0 Å². The van der Waals surface area contributed by atoms with Crippen LogP contribution in [0.3, 0.4) is 0 Å². The molecule has 2 fully saturated rings. The van der Waals surface area contributed by atoms with Crippen LogP contribution in [0.25, 0.3) is 5.78 Å². The van der Waals surface area contributed by atoms with Gasteiger partial charge in [0.05, 0.1) is 19.4 Å². The van der Waals surface area contributed by atoms with Gasteiger partial charge in [-0.2, -0.15) is 0 Å². The lowest BCUT2D eigenvalue weighted by molar-refractivity contribution is 0.00941. The van der Waals surface area contributed by atoms with Gasteiger partial charge in [-0.05, 0) is 18.9 Å². The lowest BCUT2D eigenvalue weighted by Gasteiger charge is -2.39. The number of fused-ring (bicyclic) bond motifs is 3. The number of ether oxygens (including phenoxy) is 1. The second-order valence-electron chi connectivity index (χ2n) is 5.56. The van der Waals surface area contributed by atoms with E-state index in [-0.39, 0.29) is 11.7 Å². The van der Waals surface area contributed by atoms with Crippen molar-refractivity contribution in [2.75, 3.05) is 13.2 Å². The van der Waals surface area contributed by atoms with Crippen LogP contribution in [0.2, 0.25) is 0 Å². The molecule has 0 saturated carbocycles. The van der Waals surface area contributed by atoms with Crippen molar-refractivity contribution in [2.24, 2.45) is 5.92 Å². The molecule has 104 valence electrons. The second-order valence-corrected chi connectivity index (χ2v) is 5.56. The maximum absolute atomic E-state index is 12.7. The Hall–Kier alpha value is -1.79. The molecule has 0 aromatic carbocycles. The highest BCUT2D eigenvalue weighted by Crippen LogP contribution is 2.27. The van der Waals surface area contributed by atoms with Crippen LogP contribution in [0, 0.1) is 5.92 Å². The van der Waals surface area contributed by atoms with Crippen molar-refractivity contribution in [1.82, 2.24) is 19.7 Å². The Kier molecular flexibility index (Phi) is 2.78. The average molecular weight is 272 g/mol. The summed E-state index contributed by atoms with van der Waals surface area (Å²) in [4.78, 5) is 21.1. The summed E-state index contributed by atoms with van der Waals surface area (Å²) in [5, 5.41) is 3.51. The molecule has 2 aromatic rings. The summed E-state index contributed by atoms with van der Waals surface area (Å²) >= 11 is 0. The van der Waals surface area contributed by atoms with E-state index in [1.807, 2.05) is 12.3 Å². The van der Waals surface area contributed by atoms with Crippen molar-refractivity contribution < 1.29 is 9.53 Å². The Morgan fingerprint density at radius 3 is 2.90 bits per heavy atom. The first-order valence-electron chi connectivity index (χ1n) is 6.97. The number of imidazole rings is 1. The third kappa shape index (κ3) is 1.92. The van der Waals surface area contributed by atoms with Gasteiger partial charge in [0, 0.05) is 30.4 Å². The molecule has 2 aromatic heterocycles. The quantitative estimate of drug-likeness (QED) is 0.814. The van der Waals surface area contributed by atoms with Gasteiger partial charge in [0.2, 0.25) is 5.78 Å². The summed E-state index contributed by atoms with van der Waals surface area (Å²) in [6.07, 6.45) is 6.83. The van der Waals surface area contributed by atoms with Crippen LogP contribution in [0.5, 0.6) is 0 Å². The number of hydrogen-bond acceptors (Lipinski definition) is 5. The van der Waals surface area contributed by atoms with Crippen LogP contribution >= 0.6 is 0 Å². The minimum Gasteiger partial charge on any atom is -0.378 e. The molecule has 2 atom stereocenters. The molecule has 4 rings (SSSR count). The molecule has 0 aliphatic carbocycles. The van der Waals surface area contributed by atoms with E-state index in [4.69, 9.17) is 4.74 Å². The highest BCUT2D eigenvalue weighted by atomic mass is 16.5. The summed E-state index contributed by atoms with van der Waals surface area (Å²) in [7, 11) is 0. The monoisotopic (exact) mass is 272 g/mol. The fourth-order valence-electron chi connectivity index (χ4n) is 3.27. The molecular weight excluding hydrogens is 256 g/mol. The van der Waals surface area contributed by atoms with Gasteiger partial charge in [0.1, 0.15) is 5.69 Å². The third-order valence-corrected chi connectivity index (χ3v) is 4.16. The second kappa shape index (κ2) is 4.64. The summed E-state index contributed by atoms with van der Waals surface area (Å²) in [6, 6.07) is 2.42. The maximum Gasteiger partial charge on any atom is 0.234 e. The highest BCUT2D eigenvalue weighted by Gasteiger charge is 2.36. The van der Waals surface area contributed by atoms with Gasteiger partial charge in [-0.25, -0.2) is 9.97 Å². The zero-order valence-corrected chi connectivity index (χ0v) is 11.0. The SMILES string of the molecule is O=C(c1cnc2ncccn12)C1CC2COCC(C1)N2. The molecule has 4 heterocycles. The van der Waals surface area contributed by atoms with Crippen molar-refractivity contribution in [3.63, 3.8) is 0 Å². The lowest BCUT2D eigenvalue weighted by atomic mass is 9.83. The third-order valence-electron chi connectivity index (χ3n) is 4.16. The van der Waals surface area contributed by atoms with Gasteiger partial charge in [-0.3, -0.25) is 9.20 Å². The van der Waals surface area contributed by atoms with E-state index in [2.05, 4.69) is 15.3 Å². The topological polar surface area (TPSA) is 68.5 Å². The molecular formula is C14H16N4O2. The van der Waals surface area contributed by atoms with E-state index in [0.29, 0.717) is 36.8 Å². The fourth-order valence-corrected chi connectivity index (χ4v) is 3.27. The number of nitrogens with one attached hydrogen (secondary N) is 1. The Morgan fingerprint density at radius 1 is 1.30 bits per heavy atom. The number of Topliss-reactive ketones (excluding diaryl/α,β-unsaturated/α-hetero) is 1. The van der Waals surface area contributed by atoms with Crippen LogP contribution in [-0.2, 0) is 4.74 Å². The normalized spacial score (nSPS) is 29.5. The minimum absolute atomic E-state index is 0.0512. The van der Waals surface area contributed by atoms with Crippen LogP contribution in [-0.4, -0.2) is 45.4 Å². The predicted octanol–water partition coefficient (Wildman–Crippen LogP) is 0.679. The molecule has 2 bridgehead atoms. The van der Waals surface area contributed by atoms with Gasteiger partial charge >= 0.3 is 0 Å². The van der Waals surface area contributed by atoms with E-state index in [0.717, 1.165) is 12.8 Å². The predicted molar refractivity (Wildman–Crippen MR) is 71.6 cm³/mol. The van der Waals surface area contributed by atoms with E-state index in [9.17, 15) is 4.79 Å². The van der Waals surface area contributed by atoms with Crippen LogP contribution in [0.4, 0.5) is 0 Å². The van der Waals surface area contributed by atoms with Gasteiger partial charge in [0.15, 0.2) is 5.78 Å². The molecule has 2 aliphatic heterocycles. The molecule has 6 nitrogen and oxygen atoms in total. The van der Waals surface area contributed by atoms with Crippen molar-refractivity contribution in [3.8, 4) is 0 Å². The molecule has 1 N–H and O–H groups in total. The van der Waals surface area contributed by atoms with E-state index in [1.54, 1.807) is 16.8 Å².